The van der Waals surface area contributed by atoms with Crippen LogP contribution in [0.5, 0.6) is 0 Å². The average Bonchev–Trinajstić information content (AvgIpc) is 2.83. The van der Waals surface area contributed by atoms with E-state index in [9.17, 15) is 4.91 Å². The van der Waals surface area contributed by atoms with Gasteiger partial charge in [-0.05, 0) is 17.7 Å². The van der Waals surface area contributed by atoms with Crippen molar-refractivity contribution in [2.45, 2.75) is 6.54 Å². The van der Waals surface area contributed by atoms with Crippen molar-refractivity contribution in [3.05, 3.63) is 46.9 Å². The van der Waals surface area contributed by atoms with E-state index >= 15 is 0 Å². The predicted octanol–water partition coefficient (Wildman–Crippen LogP) is 1.41. The molecule has 0 radical (unpaired) electrons. The molecule has 0 N–H and O–H groups in total. The smallest absolute Gasteiger partial charge is 0.138 e. The van der Waals surface area contributed by atoms with Crippen LogP contribution < -0.4 is 0 Å². The van der Waals surface area contributed by atoms with E-state index in [4.69, 9.17) is 5.26 Å². The Morgan fingerprint density at radius 2 is 2.38 bits per heavy atom. The quantitative estimate of drug-likeness (QED) is 0.721. The SMILES string of the molecule is N#Cc1cc(CN=O)ccc1-n1cncn1. The summed E-state index contributed by atoms with van der Waals surface area (Å²) in [6, 6.07) is 7.13. The Morgan fingerprint density at radius 1 is 1.50 bits per heavy atom. The Balaban J connectivity index is 2.48. The van der Waals surface area contributed by atoms with Crippen LogP contribution in [0, 0.1) is 16.2 Å². The predicted molar refractivity (Wildman–Crippen MR) is 55.6 cm³/mol. The third kappa shape index (κ3) is 1.79. The second kappa shape index (κ2) is 4.31. The Bertz CT molecular complexity index is 541. The zero-order valence-corrected chi connectivity index (χ0v) is 8.24. The van der Waals surface area contributed by atoms with Crippen LogP contribution in [-0.2, 0) is 6.54 Å². The first-order valence-corrected chi connectivity index (χ1v) is 4.52. The summed E-state index contributed by atoms with van der Waals surface area (Å²) in [5.74, 6) is 0. The molecule has 2 aromatic rings. The average molecular weight is 213 g/mol. The highest BCUT2D eigenvalue weighted by atomic mass is 16.3. The van der Waals surface area contributed by atoms with Crippen LogP contribution in [0.4, 0.5) is 0 Å². The topological polar surface area (TPSA) is 83.9 Å². The third-order valence-corrected chi connectivity index (χ3v) is 2.09. The van der Waals surface area contributed by atoms with Gasteiger partial charge in [-0.3, -0.25) is 0 Å². The van der Waals surface area contributed by atoms with E-state index < -0.39 is 0 Å². The number of hydrogen-bond acceptors (Lipinski definition) is 5. The number of nitrogens with zero attached hydrogens (tertiary/aromatic N) is 5. The molecule has 78 valence electrons. The van der Waals surface area contributed by atoms with Crippen LogP contribution in [-0.4, -0.2) is 14.8 Å². The second-order valence-electron chi connectivity index (χ2n) is 3.09. The molecule has 0 saturated carbocycles. The number of nitriles is 1. The summed E-state index contributed by atoms with van der Waals surface area (Å²) >= 11 is 0. The molecule has 0 spiro atoms. The molecule has 1 aromatic carbocycles. The van der Waals surface area contributed by atoms with Crippen molar-refractivity contribution < 1.29 is 0 Å². The van der Waals surface area contributed by atoms with E-state index in [-0.39, 0.29) is 6.54 Å². The maximum atomic E-state index is 10.1. The summed E-state index contributed by atoms with van der Waals surface area (Å²) in [4.78, 5) is 13.9. The van der Waals surface area contributed by atoms with Gasteiger partial charge in [0.25, 0.3) is 0 Å². The van der Waals surface area contributed by atoms with Crippen LogP contribution in [0.3, 0.4) is 0 Å². The van der Waals surface area contributed by atoms with E-state index in [0.717, 1.165) is 0 Å². The normalized spacial score (nSPS) is 9.69. The first-order valence-electron chi connectivity index (χ1n) is 4.52. The molecule has 0 fully saturated rings. The molecule has 6 nitrogen and oxygen atoms in total. The minimum absolute atomic E-state index is 0.0618. The molecule has 0 bridgehead atoms. The third-order valence-electron chi connectivity index (χ3n) is 2.09. The van der Waals surface area contributed by atoms with Gasteiger partial charge in [0, 0.05) is 0 Å². The van der Waals surface area contributed by atoms with E-state index in [1.54, 1.807) is 18.2 Å². The van der Waals surface area contributed by atoms with Crippen molar-refractivity contribution in [2.24, 2.45) is 5.18 Å². The summed E-state index contributed by atoms with van der Waals surface area (Å²) in [7, 11) is 0. The molecule has 2 rings (SSSR count). The number of benzene rings is 1. The minimum Gasteiger partial charge on any atom is -0.223 e. The highest BCUT2D eigenvalue weighted by Gasteiger charge is 2.06. The Labute approximate surface area is 91.1 Å². The van der Waals surface area contributed by atoms with Crippen LogP contribution in [0.2, 0.25) is 0 Å². The summed E-state index contributed by atoms with van der Waals surface area (Å²) in [5.41, 5.74) is 1.77. The van der Waals surface area contributed by atoms with E-state index in [1.807, 2.05) is 0 Å². The van der Waals surface area contributed by atoms with Crippen molar-refractivity contribution in [3.63, 3.8) is 0 Å². The molecular formula is C10H7N5O. The van der Waals surface area contributed by atoms with Gasteiger partial charge in [-0.25, -0.2) is 9.67 Å². The largest absolute Gasteiger partial charge is 0.223 e. The standard InChI is InChI=1S/C10H7N5O/c11-4-9-3-8(5-14-16)1-2-10(9)15-7-12-6-13-15/h1-3,6-7H,5H2. The fourth-order valence-corrected chi connectivity index (χ4v) is 1.38. The molecule has 0 amide bonds. The number of nitroso groups, excluding NO2 is 1. The molecule has 1 aromatic heterocycles. The summed E-state index contributed by atoms with van der Waals surface area (Å²) in [6.07, 6.45) is 2.90. The van der Waals surface area contributed by atoms with Crippen LogP contribution in [0.15, 0.2) is 36.0 Å². The number of aromatic nitrogens is 3. The zero-order valence-electron chi connectivity index (χ0n) is 8.24. The van der Waals surface area contributed by atoms with Gasteiger partial charge < -0.3 is 0 Å². The van der Waals surface area contributed by atoms with Gasteiger partial charge in [-0.2, -0.15) is 15.3 Å². The van der Waals surface area contributed by atoms with Crippen LogP contribution in [0.25, 0.3) is 5.69 Å². The van der Waals surface area contributed by atoms with Crippen molar-refractivity contribution in [1.82, 2.24) is 14.8 Å². The minimum atomic E-state index is 0.0618. The van der Waals surface area contributed by atoms with Crippen LogP contribution in [0.1, 0.15) is 11.1 Å². The molecule has 16 heavy (non-hydrogen) atoms. The zero-order chi connectivity index (χ0) is 11.4. The molecule has 0 unspecified atom stereocenters. The molecule has 0 aliphatic rings. The highest BCUT2D eigenvalue weighted by Crippen LogP contribution is 2.15. The molecule has 0 saturated heterocycles. The first-order chi connectivity index (χ1) is 7.85. The lowest BCUT2D eigenvalue weighted by molar-refractivity contribution is 0.873. The lowest BCUT2D eigenvalue weighted by Crippen LogP contribution is -1.98. The van der Waals surface area contributed by atoms with E-state index in [2.05, 4.69) is 21.3 Å². The molecule has 0 atom stereocenters. The highest BCUT2D eigenvalue weighted by molar-refractivity contribution is 5.49. The fraction of sp³-hybridized carbons (Fsp3) is 0.100. The maximum Gasteiger partial charge on any atom is 0.138 e. The number of rotatable bonds is 3. The van der Waals surface area contributed by atoms with Gasteiger partial charge in [0.2, 0.25) is 0 Å². The van der Waals surface area contributed by atoms with Crippen molar-refractivity contribution in [1.29, 1.82) is 5.26 Å². The molecular weight excluding hydrogens is 206 g/mol. The number of hydrogen-bond donors (Lipinski definition) is 0. The lowest BCUT2D eigenvalue weighted by Gasteiger charge is -2.04. The molecule has 1 heterocycles. The van der Waals surface area contributed by atoms with Gasteiger partial charge in [-0.15, -0.1) is 0 Å². The van der Waals surface area contributed by atoms with Gasteiger partial charge in [0.15, 0.2) is 0 Å². The summed E-state index contributed by atoms with van der Waals surface area (Å²) in [6.45, 7) is 0.0618. The van der Waals surface area contributed by atoms with Gasteiger partial charge in [0.1, 0.15) is 25.3 Å². The van der Waals surface area contributed by atoms with Gasteiger partial charge in [0.05, 0.1) is 11.3 Å². The van der Waals surface area contributed by atoms with Gasteiger partial charge >= 0.3 is 0 Å². The lowest BCUT2D eigenvalue weighted by atomic mass is 10.1. The molecule has 6 heteroatoms. The van der Waals surface area contributed by atoms with Gasteiger partial charge in [-0.1, -0.05) is 11.2 Å². The summed E-state index contributed by atoms with van der Waals surface area (Å²) in [5, 5.41) is 15.7. The first kappa shape index (κ1) is 9.98. The second-order valence-corrected chi connectivity index (χ2v) is 3.09. The van der Waals surface area contributed by atoms with Crippen molar-refractivity contribution >= 4 is 0 Å². The Morgan fingerprint density at radius 3 is 3.00 bits per heavy atom. The van der Waals surface area contributed by atoms with Crippen molar-refractivity contribution in [3.8, 4) is 11.8 Å². The van der Waals surface area contributed by atoms with Crippen molar-refractivity contribution in [2.75, 3.05) is 0 Å². The van der Waals surface area contributed by atoms with E-state index in [0.29, 0.717) is 16.8 Å². The molecule has 0 aliphatic heterocycles. The van der Waals surface area contributed by atoms with Crippen LogP contribution >= 0.6 is 0 Å². The molecule has 0 aliphatic carbocycles. The monoisotopic (exact) mass is 213 g/mol. The fourth-order valence-electron chi connectivity index (χ4n) is 1.38. The Kier molecular flexibility index (Phi) is 2.69. The maximum absolute atomic E-state index is 10.1. The van der Waals surface area contributed by atoms with E-state index in [1.165, 1.54) is 17.3 Å². The summed E-state index contributed by atoms with van der Waals surface area (Å²) < 4.78 is 1.50. The Hall–Kier alpha value is -2.55.